The van der Waals surface area contributed by atoms with E-state index in [1.807, 2.05) is 12.1 Å². The largest absolute Gasteiger partial charge is 0.486 e. The van der Waals surface area contributed by atoms with E-state index in [0.29, 0.717) is 35.7 Å². The number of nitrogens with zero attached hydrogens (tertiary/aromatic N) is 4. The van der Waals surface area contributed by atoms with E-state index < -0.39 is 5.92 Å². The number of benzene rings is 1. The summed E-state index contributed by atoms with van der Waals surface area (Å²) in [6.07, 6.45) is 0. The molecule has 98 valence electrons. The predicted molar refractivity (Wildman–Crippen MR) is 69.5 cm³/mol. The van der Waals surface area contributed by atoms with Gasteiger partial charge in [-0.25, -0.2) is 9.97 Å². The maximum absolute atomic E-state index is 8.92. The molecule has 1 aliphatic rings. The molecule has 6 nitrogen and oxygen atoms in total. The molecule has 0 spiro atoms. The van der Waals surface area contributed by atoms with E-state index in [0.717, 1.165) is 0 Å². The molecule has 0 N–H and O–H groups in total. The zero-order valence-electron chi connectivity index (χ0n) is 10.1. The molecule has 1 aliphatic heterocycles. The summed E-state index contributed by atoms with van der Waals surface area (Å²) in [5.41, 5.74) is 1.18. The van der Waals surface area contributed by atoms with Crippen molar-refractivity contribution < 1.29 is 9.47 Å². The van der Waals surface area contributed by atoms with Gasteiger partial charge in [0, 0.05) is 12.1 Å². The first-order valence-corrected chi connectivity index (χ1v) is 6.16. The van der Waals surface area contributed by atoms with Crippen LogP contribution in [0.1, 0.15) is 11.6 Å². The van der Waals surface area contributed by atoms with Crippen LogP contribution in [0.5, 0.6) is 11.5 Å². The smallest absolute Gasteiger partial charge is 0.178 e. The van der Waals surface area contributed by atoms with Crippen molar-refractivity contribution in [3.05, 3.63) is 23.0 Å². The monoisotopic (exact) mass is 286 g/mol. The van der Waals surface area contributed by atoms with Crippen molar-refractivity contribution >= 4 is 22.6 Å². The molecule has 0 unspecified atom stereocenters. The van der Waals surface area contributed by atoms with Gasteiger partial charge >= 0.3 is 0 Å². The second-order valence-corrected chi connectivity index (χ2v) is 4.43. The first kappa shape index (κ1) is 12.5. The number of aromatic nitrogens is 2. The van der Waals surface area contributed by atoms with Crippen molar-refractivity contribution in [3.8, 4) is 23.6 Å². The van der Waals surface area contributed by atoms with E-state index in [4.69, 9.17) is 31.6 Å². The number of hydrogen-bond acceptors (Lipinski definition) is 6. The van der Waals surface area contributed by atoms with Gasteiger partial charge in [0.1, 0.15) is 18.9 Å². The SMILES string of the molecule is N#CC(C#N)c1nc2cc3c(cc2nc1Cl)OCCO3. The zero-order valence-corrected chi connectivity index (χ0v) is 10.9. The lowest BCUT2D eigenvalue weighted by molar-refractivity contribution is 0.172. The molecule has 0 saturated heterocycles. The second kappa shape index (κ2) is 4.84. The van der Waals surface area contributed by atoms with E-state index in [1.165, 1.54) is 0 Å². The molecule has 20 heavy (non-hydrogen) atoms. The minimum Gasteiger partial charge on any atom is -0.486 e. The van der Waals surface area contributed by atoms with Gasteiger partial charge in [-0.15, -0.1) is 0 Å². The van der Waals surface area contributed by atoms with Crippen molar-refractivity contribution in [1.29, 1.82) is 10.5 Å². The van der Waals surface area contributed by atoms with Gasteiger partial charge in [-0.2, -0.15) is 10.5 Å². The summed E-state index contributed by atoms with van der Waals surface area (Å²) in [6.45, 7) is 0.939. The average molecular weight is 287 g/mol. The first-order chi connectivity index (χ1) is 9.72. The van der Waals surface area contributed by atoms with E-state index in [1.54, 1.807) is 12.1 Å². The molecule has 3 rings (SSSR count). The molecule has 1 aromatic carbocycles. The Morgan fingerprint density at radius 3 is 2.15 bits per heavy atom. The van der Waals surface area contributed by atoms with Gasteiger partial charge in [-0.05, 0) is 0 Å². The van der Waals surface area contributed by atoms with Crippen LogP contribution in [0.4, 0.5) is 0 Å². The Hall–Kier alpha value is -2.57. The fourth-order valence-electron chi connectivity index (χ4n) is 1.92. The van der Waals surface area contributed by atoms with Crippen molar-refractivity contribution in [2.24, 2.45) is 0 Å². The molecule has 7 heteroatoms. The van der Waals surface area contributed by atoms with Crippen LogP contribution in [0, 0.1) is 22.7 Å². The lowest BCUT2D eigenvalue weighted by atomic mass is 10.1. The highest BCUT2D eigenvalue weighted by molar-refractivity contribution is 6.30. The average Bonchev–Trinajstić information content (AvgIpc) is 2.47. The number of rotatable bonds is 1. The fourth-order valence-corrected chi connectivity index (χ4v) is 2.16. The van der Waals surface area contributed by atoms with Crippen LogP contribution in [0.3, 0.4) is 0 Å². The molecule has 0 aliphatic carbocycles. The molecule has 2 aromatic rings. The maximum Gasteiger partial charge on any atom is 0.178 e. The molecule has 0 atom stereocenters. The van der Waals surface area contributed by atoms with Crippen LogP contribution in [-0.2, 0) is 0 Å². The van der Waals surface area contributed by atoms with Gasteiger partial charge in [0.15, 0.2) is 22.6 Å². The van der Waals surface area contributed by atoms with Crippen molar-refractivity contribution in [3.63, 3.8) is 0 Å². The fraction of sp³-hybridized carbons (Fsp3) is 0.231. The Morgan fingerprint density at radius 1 is 1.05 bits per heavy atom. The summed E-state index contributed by atoms with van der Waals surface area (Å²) >= 11 is 5.99. The Bertz CT molecular complexity index is 765. The van der Waals surface area contributed by atoms with Crippen LogP contribution in [0.15, 0.2) is 12.1 Å². The topological polar surface area (TPSA) is 91.8 Å². The molecule has 1 aromatic heterocycles. The summed E-state index contributed by atoms with van der Waals surface area (Å²) in [7, 11) is 0. The summed E-state index contributed by atoms with van der Waals surface area (Å²) in [5, 5.41) is 17.9. The van der Waals surface area contributed by atoms with E-state index in [9.17, 15) is 0 Å². The molecule has 2 heterocycles. The number of hydrogen-bond donors (Lipinski definition) is 0. The summed E-state index contributed by atoms with van der Waals surface area (Å²) in [5.74, 6) is 0.100. The minimum absolute atomic E-state index is 0.0438. The maximum atomic E-state index is 8.92. The first-order valence-electron chi connectivity index (χ1n) is 5.79. The highest BCUT2D eigenvalue weighted by atomic mass is 35.5. The molecule has 0 fully saturated rings. The van der Waals surface area contributed by atoms with Gasteiger partial charge in [0.2, 0.25) is 0 Å². The third kappa shape index (κ3) is 1.97. The molecular weight excluding hydrogens is 280 g/mol. The third-order valence-electron chi connectivity index (χ3n) is 2.84. The van der Waals surface area contributed by atoms with Gasteiger partial charge in [-0.1, -0.05) is 11.6 Å². The summed E-state index contributed by atoms with van der Waals surface area (Å²) in [4.78, 5) is 8.42. The van der Waals surface area contributed by atoms with Crippen LogP contribution in [0.25, 0.3) is 11.0 Å². The van der Waals surface area contributed by atoms with Crippen LogP contribution >= 0.6 is 11.6 Å². The van der Waals surface area contributed by atoms with E-state index in [2.05, 4.69) is 9.97 Å². The lowest BCUT2D eigenvalue weighted by Gasteiger charge is -2.18. The van der Waals surface area contributed by atoms with E-state index >= 15 is 0 Å². The summed E-state index contributed by atoms with van der Waals surface area (Å²) < 4.78 is 10.9. The standard InChI is InChI=1S/C13H7ClN4O2/c14-13-12(7(5-15)6-16)17-8-3-10-11(4-9(8)18-13)20-2-1-19-10/h3-4,7H,1-2H2. The van der Waals surface area contributed by atoms with E-state index in [-0.39, 0.29) is 10.8 Å². The normalized spacial score (nSPS) is 13.0. The molecular formula is C13H7ClN4O2. The van der Waals surface area contributed by atoms with Crippen LogP contribution < -0.4 is 9.47 Å². The van der Waals surface area contributed by atoms with Crippen molar-refractivity contribution in [1.82, 2.24) is 9.97 Å². The van der Waals surface area contributed by atoms with Gasteiger partial charge in [0.05, 0.1) is 23.2 Å². The van der Waals surface area contributed by atoms with Crippen LogP contribution in [0.2, 0.25) is 5.15 Å². The molecule has 0 saturated carbocycles. The predicted octanol–water partition coefficient (Wildman–Crippen LogP) is 2.19. The number of nitriles is 2. The Labute approximate surface area is 119 Å². The molecule has 0 amide bonds. The Morgan fingerprint density at radius 2 is 1.60 bits per heavy atom. The molecule has 0 radical (unpaired) electrons. The van der Waals surface area contributed by atoms with Crippen LogP contribution in [-0.4, -0.2) is 23.2 Å². The van der Waals surface area contributed by atoms with Gasteiger partial charge < -0.3 is 9.47 Å². The van der Waals surface area contributed by atoms with Crippen molar-refractivity contribution in [2.45, 2.75) is 5.92 Å². The Kier molecular flexibility index (Phi) is 3.02. The second-order valence-electron chi connectivity index (χ2n) is 4.08. The highest BCUT2D eigenvalue weighted by Crippen LogP contribution is 2.34. The third-order valence-corrected chi connectivity index (χ3v) is 3.12. The van der Waals surface area contributed by atoms with Gasteiger partial charge in [0.25, 0.3) is 0 Å². The zero-order chi connectivity index (χ0) is 14.1. The Balaban J connectivity index is 2.20. The quantitative estimate of drug-likeness (QED) is 0.798. The lowest BCUT2D eigenvalue weighted by Crippen LogP contribution is -2.15. The summed E-state index contributed by atoms with van der Waals surface area (Å²) in [6, 6.07) is 7.01. The number of ether oxygens (including phenoxy) is 2. The van der Waals surface area contributed by atoms with Crippen molar-refractivity contribution in [2.75, 3.05) is 13.2 Å². The minimum atomic E-state index is -1.05. The highest BCUT2D eigenvalue weighted by Gasteiger charge is 2.20. The molecule has 0 bridgehead atoms. The van der Waals surface area contributed by atoms with Gasteiger partial charge in [-0.3, -0.25) is 0 Å². The number of halogens is 1. The number of fused-ring (bicyclic) bond motifs is 2.